The molecule has 0 aliphatic carbocycles. The van der Waals surface area contributed by atoms with Gasteiger partial charge in [0.1, 0.15) is 0 Å². The van der Waals surface area contributed by atoms with E-state index in [2.05, 4.69) is 9.71 Å². The fourth-order valence-electron chi connectivity index (χ4n) is 4.09. The Kier molecular flexibility index (Phi) is 5.67. The lowest BCUT2D eigenvalue weighted by atomic mass is 9.96. The molecule has 2 atom stereocenters. The summed E-state index contributed by atoms with van der Waals surface area (Å²) in [5.74, 6) is 0.0414. The van der Waals surface area contributed by atoms with Gasteiger partial charge in [-0.05, 0) is 60.7 Å². The number of hydrogen-bond acceptors (Lipinski definition) is 5. The minimum Gasteiger partial charge on any atom is -0.379 e. The van der Waals surface area contributed by atoms with Gasteiger partial charge in [0, 0.05) is 37.5 Å². The number of pyridine rings is 1. The third kappa shape index (κ3) is 4.34. The van der Waals surface area contributed by atoms with Crippen molar-refractivity contribution in [1.82, 2.24) is 9.71 Å². The highest BCUT2D eigenvalue weighted by Crippen LogP contribution is 2.30. The van der Waals surface area contributed by atoms with Gasteiger partial charge in [0.2, 0.25) is 15.9 Å². The van der Waals surface area contributed by atoms with Crippen LogP contribution < -0.4 is 9.62 Å². The molecule has 154 valence electrons. The van der Waals surface area contributed by atoms with Crippen LogP contribution in [0.25, 0.3) is 0 Å². The highest BCUT2D eigenvalue weighted by Gasteiger charge is 2.33. The molecular weight excluding hydrogens is 390 g/mol. The maximum absolute atomic E-state index is 13.0. The molecule has 3 heterocycles. The monoisotopic (exact) mass is 415 g/mol. The van der Waals surface area contributed by atoms with Gasteiger partial charge in [-0.15, -0.1) is 0 Å². The molecule has 29 heavy (non-hydrogen) atoms. The number of sulfonamides is 1. The standard InChI is InChI=1S/C21H25N3O4S/c1-15(25)24-10-2-3-17-12-19(4-5-21(17)24)29(26,27)23-20-14-28-13-18(20)11-16-6-8-22-9-7-16/h4-9,12,18,20,23H,2-3,10-11,13-14H2,1H3/t18-,20+/m1/s1. The Morgan fingerprint density at radius 1 is 1.24 bits per heavy atom. The number of hydrogen-bond donors (Lipinski definition) is 1. The van der Waals surface area contributed by atoms with Crippen molar-refractivity contribution in [2.45, 2.75) is 37.1 Å². The summed E-state index contributed by atoms with van der Waals surface area (Å²) in [5, 5.41) is 0. The molecule has 1 aromatic carbocycles. The second kappa shape index (κ2) is 8.22. The van der Waals surface area contributed by atoms with Crippen molar-refractivity contribution in [2.24, 2.45) is 5.92 Å². The Balaban J connectivity index is 1.52. The summed E-state index contributed by atoms with van der Waals surface area (Å²) in [5.41, 5.74) is 2.81. The summed E-state index contributed by atoms with van der Waals surface area (Å²) in [7, 11) is -3.69. The maximum atomic E-state index is 13.0. The van der Waals surface area contributed by atoms with Gasteiger partial charge in [0.15, 0.2) is 0 Å². The summed E-state index contributed by atoms with van der Waals surface area (Å²) in [6.07, 6.45) is 5.80. The van der Waals surface area contributed by atoms with Gasteiger partial charge < -0.3 is 9.64 Å². The molecule has 7 nitrogen and oxygen atoms in total. The molecule has 2 aliphatic heterocycles. The van der Waals surface area contributed by atoms with Gasteiger partial charge in [0.25, 0.3) is 0 Å². The Morgan fingerprint density at radius 2 is 2.03 bits per heavy atom. The molecule has 2 aliphatic rings. The molecule has 4 rings (SSSR count). The number of nitrogens with zero attached hydrogens (tertiary/aromatic N) is 2. The number of nitrogens with one attached hydrogen (secondary N) is 1. The first kappa shape index (κ1) is 20.0. The molecule has 0 spiro atoms. The molecule has 1 amide bonds. The third-order valence-electron chi connectivity index (χ3n) is 5.61. The normalized spacial score (nSPS) is 21.8. The van der Waals surface area contributed by atoms with Crippen LogP contribution in [0.4, 0.5) is 5.69 Å². The molecule has 0 radical (unpaired) electrons. The Bertz CT molecular complexity index is 994. The van der Waals surface area contributed by atoms with Crippen molar-refractivity contribution in [2.75, 3.05) is 24.7 Å². The highest BCUT2D eigenvalue weighted by molar-refractivity contribution is 7.89. The summed E-state index contributed by atoms with van der Waals surface area (Å²) in [6, 6.07) is 8.61. The Labute approximate surface area is 171 Å². The summed E-state index contributed by atoms with van der Waals surface area (Å²) in [6.45, 7) is 3.08. The SMILES string of the molecule is CC(=O)N1CCCc2cc(S(=O)(=O)N[C@H]3COC[C@H]3Cc3ccncc3)ccc21. The number of carbonyl (C=O) groups excluding carboxylic acids is 1. The Hall–Kier alpha value is -2.29. The van der Waals surface area contributed by atoms with Gasteiger partial charge in [-0.1, -0.05) is 0 Å². The maximum Gasteiger partial charge on any atom is 0.240 e. The quantitative estimate of drug-likeness (QED) is 0.806. The van der Waals surface area contributed by atoms with E-state index in [4.69, 9.17) is 4.74 Å². The van der Waals surface area contributed by atoms with Gasteiger partial charge in [-0.3, -0.25) is 9.78 Å². The van der Waals surface area contributed by atoms with Crippen LogP contribution in [0, 0.1) is 5.92 Å². The van der Waals surface area contributed by atoms with Crippen LogP contribution in [0.3, 0.4) is 0 Å². The lowest BCUT2D eigenvalue weighted by Gasteiger charge is -2.29. The topological polar surface area (TPSA) is 88.6 Å². The molecule has 0 saturated carbocycles. The fourth-order valence-corrected chi connectivity index (χ4v) is 5.43. The van der Waals surface area contributed by atoms with Crippen molar-refractivity contribution in [3.8, 4) is 0 Å². The largest absolute Gasteiger partial charge is 0.379 e. The van der Waals surface area contributed by atoms with Crippen LogP contribution in [0.1, 0.15) is 24.5 Å². The van der Waals surface area contributed by atoms with Gasteiger partial charge in [-0.2, -0.15) is 0 Å². The van der Waals surface area contributed by atoms with Crippen molar-refractivity contribution in [1.29, 1.82) is 0 Å². The molecular formula is C21H25N3O4S. The van der Waals surface area contributed by atoms with Crippen molar-refractivity contribution < 1.29 is 17.9 Å². The van der Waals surface area contributed by atoms with E-state index in [-0.39, 0.29) is 22.8 Å². The van der Waals surface area contributed by atoms with E-state index < -0.39 is 10.0 Å². The van der Waals surface area contributed by atoms with E-state index in [0.717, 1.165) is 36.1 Å². The number of benzene rings is 1. The van der Waals surface area contributed by atoms with Crippen molar-refractivity contribution in [3.05, 3.63) is 53.9 Å². The number of fused-ring (bicyclic) bond motifs is 1. The van der Waals surface area contributed by atoms with Crippen molar-refractivity contribution in [3.63, 3.8) is 0 Å². The molecule has 0 unspecified atom stereocenters. The van der Waals surface area contributed by atoms with E-state index >= 15 is 0 Å². The van der Waals surface area contributed by atoms with Crippen LogP contribution in [0.5, 0.6) is 0 Å². The first-order valence-corrected chi connectivity index (χ1v) is 11.3. The third-order valence-corrected chi connectivity index (χ3v) is 7.10. The zero-order chi connectivity index (χ0) is 20.4. The van der Waals surface area contributed by atoms with E-state index in [1.807, 2.05) is 12.1 Å². The van der Waals surface area contributed by atoms with E-state index in [1.165, 1.54) is 6.92 Å². The minimum atomic E-state index is -3.69. The molecule has 0 bridgehead atoms. The molecule has 1 saturated heterocycles. The van der Waals surface area contributed by atoms with E-state index in [9.17, 15) is 13.2 Å². The number of amides is 1. The number of ether oxygens (including phenoxy) is 1. The van der Waals surface area contributed by atoms with Crippen LogP contribution in [0.15, 0.2) is 47.6 Å². The second-order valence-electron chi connectivity index (χ2n) is 7.65. The summed E-state index contributed by atoms with van der Waals surface area (Å²) < 4.78 is 34.5. The first-order valence-electron chi connectivity index (χ1n) is 9.84. The van der Waals surface area contributed by atoms with Gasteiger partial charge in [-0.25, -0.2) is 13.1 Å². The van der Waals surface area contributed by atoms with Crippen LogP contribution in [-0.2, 0) is 32.4 Å². The van der Waals surface area contributed by atoms with Gasteiger partial charge >= 0.3 is 0 Å². The van der Waals surface area contributed by atoms with Crippen LogP contribution in [-0.4, -0.2) is 45.1 Å². The lowest BCUT2D eigenvalue weighted by Crippen LogP contribution is -2.40. The number of rotatable bonds is 5. The molecule has 8 heteroatoms. The zero-order valence-corrected chi connectivity index (χ0v) is 17.2. The predicted octanol–water partition coefficient (Wildman–Crippen LogP) is 1.92. The number of aryl methyl sites for hydroxylation is 1. The molecule has 1 fully saturated rings. The average Bonchev–Trinajstić information content (AvgIpc) is 3.13. The van der Waals surface area contributed by atoms with Crippen molar-refractivity contribution >= 4 is 21.6 Å². The average molecular weight is 416 g/mol. The second-order valence-corrected chi connectivity index (χ2v) is 9.36. The molecule has 1 N–H and O–H groups in total. The summed E-state index contributed by atoms with van der Waals surface area (Å²) >= 11 is 0. The smallest absolute Gasteiger partial charge is 0.240 e. The van der Waals surface area contributed by atoms with Crippen LogP contribution in [0.2, 0.25) is 0 Å². The number of aromatic nitrogens is 1. The lowest BCUT2D eigenvalue weighted by molar-refractivity contribution is -0.116. The highest BCUT2D eigenvalue weighted by atomic mass is 32.2. The number of anilines is 1. The predicted molar refractivity (Wildman–Crippen MR) is 109 cm³/mol. The number of carbonyl (C=O) groups is 1. The Morgan fingerprint density at radius 3 is 2.79 bits per heavy atom. The fraction of sp³-hybridized carbons (Fsp3) is 0.429. The minimum absolute atomic E-state index is 0.0262. The first-order chi connectivity index (χ1) is 13.9. The zero-order valence-electron chi connectivity index (χ0n) is 16.4. The van der Waals surface area contributed by atoms with Crippen LogP contribution >= 0.6 is 0 Å². The summed E-state index contributed by atoms with van der Waals surface area (Å²) in [4.78, 5) is 17.8. The van der Waals surface area contributed by atoms with E-state index in [0.29, 0.717) is 19.8 Å². The van der Waals surface area contributed by atoms with E-state index in [1.54, 1.807) is 35.5 Å². The molecule has 2 aromatic rings. The molecule has 1 aromatic heterocycles. The van der Waals surface area contributed by atoms with Gasteiger partial charge in [0.05, 0.1) is 24.2 Å².